The molecule has 1 aromatic carbocycles. The molecule has 29 heavy (non-hydrogen) atoms. The second-order valence-electron chi connectivity index (χ2n) is 7.00. The zero-order valence-electron chi connectivity index (χ0n) is 17.2. The number of sulfonamides is 1. The van der Waals surface area contributed by atoms with Crippen molar-refractivity contribution in [2.45, 2.75) is 49.5 Å². The maximum Gasteiger partial charge on any atom is 0.251 e. The van der Waals surface area contributed by atoms with Crippen molar-refractivity contribution in [3.8, 4) is 5.75 Å². The van der Waals surface area contributed by atoms with Crippen LogP contribution in [0.4, 0.5) is 0 Å². The summed E-state index contributed by atoms with van der Waals surface area (Å²) in [5.74, 6) is -0.161. The van der Waals surface area contributed by atoms with Gasteiger partial charge in [-0.3, -0.25) is 4.79 Å². The van der Waals surface area contributed by atoms with Gasteiger partial charge >= 0.3 is 0 Å². The number of amides is 1. The van der Waals surface area contributed by atoms with Gasteiger partial charge in [0.1, 0.15) is 10.6 Å². The van der Waals surface area contributed by atoms with Crippen molar-refractivity contribution in [3.63, 3.8) is 0 Å². The zero-order valence-corrected chi connectivity index (χ0v) is 18.1. The fourth-order valence-corrected chi connectivity index (χ4v) is 4.45. The van der Waals surface area contributed by atoms with Crippen LogP contribution in [0.1, 0.15) is 48.9 Å². The molecule has 0 spiro atoms. The lowest BCUT2D eigenvalue weighted by Crippen LogP contribution is -2.29. The first-order valence-corrected chi connectivity index (χ1v) is 11.5. The van der Waals surface area contributed by atoms with Gasteiger partial charge in [0.05, 0.1) is 19.8 Å². The largest absolute Gasteiger partial charge is 0.495 e. The highest BCUT2D eigenvalue weighted by atomic mass is 32.2. The Morgan fingerprint density at radius 2 is 1.86 bits per heavy atom. The van der Waals surface area contributed by atoms with Gasteiger partial charge in [0.2, 0.25) is 10.0 Å². The maximum absolute atomic E-state index is 12.5. The molecule has 2 rings (SSSR count). The van der Waals surface area contributed by atoms with Crippen LogP contribution in [0, 0.1) is 0 Å². The van der Waals surface area contributed by atoms with E-state index in [4.69, 9.17) is 14.2 Å². The smallest absolute Gasteiger partial charge is 0.251 e. The Morgan fingerprint density at radius 1 is 1.10 bits per heavy atom. The van der Waals surface area contributed by atoms with Crippen molar-refractivity contribution in [3.05, 3.63) is 23.8 Å². The number of benzene rings is 1. The van der Waals surface area contributed by atoms with Gasteiger partial charge in [0.15, 0.2) is 0 Å². The van der Waals surface area contributed by atoms with E-state index in [-0.39, 0.29) is 35.3 Å². The molecule has 1 fully saturated rings. The summed E-state index contributed by atoms with van der Waals surface area (Å²) in [6.07, 6.45) is 7.04. The summed E-state index contributed by atoms with van der Waals surface area (Å²) in [5, 5.41) is 2.81. The first-order valence-electron chi connectivity index (χ1n) is 10.0. The summed E-state index contributed by atoms with van der Waals surface area (Å²) in [5.41, 5.74) is 0.256. The number of rotatable bonds is 12. The molecule has 8 nitrogen and oxygen atoms in total. The number of carbonyl (C=O) groups excluding carboxylic acids is 1. The lowest BCUT2D eigenvalue weighted by atomic mass is 9.98. The first kappa shape index (κ1) is 23.6. The number of methoxy groups -OCH3 is 2. The second-order valence-corrected chi connectivity index (χ2v) is 8.73. The Labute approximate surface area is 173 Å². The number of hydrogen-bond acceptors (Lipinski definition) is 6. The monoisotopic (exact) mass is 428 g/mol. The molecule has 0 bridgehead atoms. The van der Waals surface area contributed by atoms with Crippen molar-refractivity contribution in [1.29, 1.82) is 0 Å². The molecule has 1 aliphatic rings. The average molecular weight is 429 g/mol. The summed E-state index contributed by atoms with van der Waals surface area (Å²) < 4.78 is 43.3. The van der Waals surface area contributed by atoms with E-state index in [1.165, 1.54) is 45.6 Å². The van der Waals surface area contributed by atoms with E-state index in [9.17, 15) is 13.2 Å². The molecule has 1 aliphatic carbocycles. The van der Waals surface area contributed by atoms with Crippen molar-refractivity contribution in [2.75, 3.05) is 40.5 Å². The minimum atomic E-state index is -3.83. The van der Waals surface area contributed by atoms with Crippen LogP contribution in [0.15, 0.2) is 23.1 Å². The highest BCUT2D eigenvalue weighted by molar-refractivity contribution is 7.89. The SMILES string of the molecule is COCCNS(=O)(=O)c1cc(C(=O)NCCCOC2CCCCC2)ccc1OC. The van der Waals surface area contributed by atoms with E-state index in [2.05, 4.69) is 10.0 Å². The van der Waals surface area contributed by atoms with E-state index < -0.39 is 10.0 Å². The van der Waals surface area contributed by atoms with Gasteiger partial charge in [-0.2, -0.15) is 0 Å². The molecule has 1 aromatic rings. The second kappa shape index (κ2) is 12.1. The third-order valence-electron chi connectivity index (χ3n) is 4.83. The summed E-state index contributed by atoms with van der Waals surface area (Å²) in [6.45, 7) is 1.44. The quantitative estimate of drug-likeness (QED) is 0.494. The molecular formula is C20H32N2O6S. The van der Waals surface area contributed by atoms with Crippen LogP contribution < -0.4 is 14.8 Å². The Bertz CT molecular complexity index is 747. The molecule has 1 amide bonds. The van der Waals surface area contributed by atoms with E-state index in [0.717, 1.165) is 12.8 Å². The predicted octanol–water partition coefficient (Wildman–Crippen LogP) is 2.09. The Hall–Kier alpha value is -1.68. The molecule has 0 heterocycles. The van der Waals surface area contributed by atoms with Crippen LogP contribution in [0.2, 0.25) is 0 Å². The molecule has 0 atom stereocenters. The van der Waals surface area contributed by atoms with E-state index in [1.807, 2.05) is 0 Å². The van der Waals surface area contributed by atoms with Crippen LogP contribution >= 0.6 is 0 Å². The summed E-state index contributed by atoms with van der Waals surface area (Å²) >= 11 is 0. The van der Waals surface area contributed by atoms with Gasteiger partial charge in [-0.05, 0) is 37.5 Å². The van der Waals surface area contributed by atoms with E-state index in [0.29, 0.717) is 25.7 Å². The topological polar surface area (TPSA) is 103 Å². The third-order valence-corrected chi connectivity index (χ3v) is 6.31. The van der Waals surface area contributed by atoms with Crippen LogP contribution in [0.5, 0.6) is 5.75 Å². The minimum absolute atomic E-state index is 0.0793. The predicted molar refractivity (Wildman–Crippen MR) is 110 cm³/mol. The molecule has 0 aromatic heterocycles. The fraction of sp³-hybridized carbons (Fsp3) is 0.650. The molecule has 0 unspecified atom stereocenters. The highest BCUT2D eigenvalue weighted by Crippen LogP contribution is 2.25. The lowest BCUT2D eigenvalue weighted by molar-refractivity contribution is 0.0273. The van der Waals surface area contributed by atoms with Gasteiger partial charge in [-0.1, -0.05) is 19.3 Å². The van der Waals surface area contributed by atoms with Gasteiger partial charge in [0.25, 0.3) is 5.91 Å². The summed E-state index contributed by atoms with van der Waals surface area (Å²) in [6, 6.07) is 4.34. The van der Waals surface area contributed by atoms with Gasteiger partial charge in [0, 0.05) is 32.4 Å². The van der Waals surface area contributed by atoms with Gasteiger partial charge in [-0.25, -0.2) is 13.1 Å². The Kier molecular flexibility index (Phi) is 9.86. The Balaban J connectivity index is 1.89. The van der Waals surface area contributed by atoms with Crippen LogP contribution in [0.3, 0.4) is 0 Å². The average Bonchev–Trinajstić information content (AvgIpc) is 2.73. The number of ether oxygens (including phenoxy) is 3. The molecule has 164 valence electrons. The molecule has 9 heteroatoms. The standard InChI is InChI=1S/C20H32N2O6S/c1-26-14-12-22-29(24,25)19-15-16(9-10-18(19)27-2)20(23)21-11-6-13-28-17-7-4-3-5-8-17/h9-10,15,17,22H,3-8,11-14H2,1-2H3,(H,21,23). The van der Waals surface area contributed by atoms with Crippen molar-refractivity contribution < 1.29 is 27.4 Å². The lowest BCUT2D eigenvalue weighted by Gasteiger charge is -2.21. The van der Waals surface area contributed by atoms with Crippen molar-refractivity contribution >= 4 is 15.9 Å². The third kappa shape index (κ3) is 7.58. The molecular weight excluding hydrogens is 396 g/mol. The van der Waals surface area contributed by atoms with Crippen molar-refractivity contribution in [1.82, 2.24) is 10.0 Å². The molecule has 0 aliphatic heterocycles. The highest BCUT2D eigenvalue weighted by Gasteiger charge is 2.21. The number of hydrogen-bond donors (Lipinski definition) is 2. The minimum Gasteiger partial charge on any atom is -0.495 e. The molecule has 0 radical (unpaired) electrons. The first-order chi connectivity index (χ1) is 14.0. The van der Waals surface area contributed by atoms with E-state index in [1.54, 1.807) is 6.07 Å². The van der Waals surface area contributed by atoms with E-state index >= 15 is 0 Å². The normalized spacial score (nSPS) is 15.2. The summed E-state index contributed by atoms with van der Waals surface area (Å²) in [4.78, 5) is 12.3. The van der Waals surface area contributed by atoms with Gasteiger partial charge in [-0.15, -0.1) is 0 Å². The summed E-state index contributed by atoms with van der Waals surface area (Å²) in [7, 11) is -0.957. The Morgan fingerprint density at radius 3 is 2.55 bits per heavy atom. The molecule has 1 saturated carbocycles. The van der Waals surface area contributed by atoms with Gasteiger partial charge < -0.3 is 19.5 Å². The molecule has 0 saturated heterocycles. The van der Waals surface area contributed by atoms with Crippen molar-refractivity contribution in [2.24, 2.45) is 0 Å². The zero-order chi connectivity index (χ0) is 21.1. The maximum atomic E-state index is 12.5. The van der Waals surface area contributed by atoms with Crippen LogP contribution in [-0.4, -0.2) is 61.0 Å². The molecule has 2 N–H and O–H groups in total. The number of nitrogens with one attached hydrogen (secondary N) is 2. The van der Waals surface area contributed by atoms with Crippen LogP contribution in [0.25, 0.3) is 0 Å². The fourth-order valence-electron chi connectivity index (χ4n) is 3.24. The number of carbonyl (C=O) groups is 1. The van der Waals surface area contributed by atoms with Crippen LogP contribution in [-0.2, 0) is 19.5 Å².